The molecule has 0 saturated carbocycles. The summed E-state index contributed by atoms with van der Waals surface area (Å²) in [5, 5.41) is 11.7. The van der Waals surface area contributed by atoms with Gasteiger partial charge in [0.15, 0.2) is 5.75 Å². The fourth-order valence-electron chi connectivity index (χ4n) is 5.25. The van der Waals surface area contributed by atoms with Crippen LogP contribution < -0.4 is 14.2 Å². The fourth-order valence-corrected chi connectivity index (χ4v) is 5.25. The van der Waals surface area contributed by atoms with Gasteiger partial charge in [-0.2, -0.15) is 0 Å². The molecule has 0 aliphatic carbocycles. The van der Waals surface area contributed by atoms with Crippen molar-refractivity contribution in [2.24, 2.45) is 0 Å². The van der Waals surface area contributed by atoms with Crippen molar-refractivity contribution in [2.45, 2.75) is 117 Å². The molecule has 0 saturated heterocycles. The molecule has 0 aliphatic heterocycles. The lowest BCUT2D eigenvalue weighted by Gasteiger charge is -2.15. The van der Waals surface area contributed by atoms with Crippen LogP contribution in [0.5, 0.6) is 17.2 Å². The lowest BCUT2D eigenvalue weighted by atomic mass is 10.1. The first kappa shape index (κ1) is 35.6. The second-order valence-electron chi connectivity index (χ2n) is 11.8. The van der Waals surface area contributed by atoms with Crippen LogP contribution in [0.15, 0.2) is 66.7 Å². The fraction of sp³-hybridized carbons (Fsp3) is 0.500. The minimum absolute atomic E-state index is 0.0896. The Labute approximate surface area is 269 Å². The summed E-state index contributed by atoms with van der Waals surface area (Å²) in [6.45, 7) is 7.04. The van der Waals surface area contributed by atoms with E-state index < -0.39 is 10.9 Å². The number of benzene rings is 3. The standard InChI is InChI=1S/C38H51NO6/c1-4-6-8-10-11-12-13-14-16-28-43-34-23-18-31(19-24-34)32-20-25-35(26-21-32)45-38(40)33-22-27-37(36(29-33)39(41)42)44-30(3)17-15-9-7-5-2/h18-27,29-30H,4-17,28H2,1-3H3/t30-/m0/s1. The summed E-state index contributed by atoms with van der Waals surface area (Å²) in [7, 11) is 0. The van der Waals surface area contributed by atoms with Crippen molar-refractivity contribution < 1.29 is 23.9 Å². The maximum Gasteiger partial charge on any atom is 0.343 e. The highest BCUT2D eigenvalue weighted by Gasteiger charge is 2.21. The summed E-state index contributed by atoms with van der Waals surface area (Å²) < 4.78 is 17.3. The van der Waals surface area contributed by atoms with Gasteiger partial charge in [0.25, 0.3) is 0 Å². The van der Waals surface area contributed by atoms with Crippen LogP contribution in [0.1, 0.15) is 121 Å². The maximum absolute atomic E-state index is 12.8. The molecular weight excluding hydrogens is 566 g/mol. The van der Waals surface area contributed by atoms with Crippen molar-refractivity contribution in [2.75, 3.05) is 6.61 Å². The summed E-state index contributed by atoms with van der Waals surface area (Å²) in [6.07, 6.45) is 16.7. The maximum atomic E-state index is 12.8. The van der Waals surface area contributed by atoms with Crippen LogP contribution in [0.25, 0.3) is 11.1 Å². The summed E-state index contributed by atoms with van der Waals surface area (Å²) in [5.74, 6) is 0.700. The van der Waals surface area contributed by atoms with Gasteiger partial charge in [-0.25, -0.2) is 4.79 Å². The highest BCUT2D eigenvalue weighted by molar-refractivity contribution is 5.92. The number of ether oxygens (including phenoxy) is 3. The van der Waals surface area contributed by atoms with E-state index in [9.17, 15) is 14.9 Å². The molecule has 0 heterocycles. The SMILES string of the molecule is CCCCCCCCCCCOc1ccc(-c2ccc(OC(=O)c3ccc(O[C@@H](C)CCCCCC)c([N+](=O)[O-])c3)cc2)cc1. The van der Waals surface area contributed by atoms with E-state index in [-0.39, 0.29) is 23.1 Å². The Morgan fingerprint density at radius 1 is 0.711 bits per heavy atom. The number of carbonyl (C=O) groups excluding carboxylic acids is 1. The van der Waals surface area contributed by atoms with Crippen molar-refractivity contribution >= 4 is 11.7 Å². The Morgan fingerprint density at radius 3 is 1.82 bits per heavy atom. The summed E-state index contributed by atoms with van der Waals surface area (Å²) >= 11 is 0. The van der Waals surface area contributed by atoms with Crippen molar-refractivity contribution in [3.63, 3.8) is 0 Å². The van der Waals surface area contributed by atoms with E-state index in [1.165, 1.54) is 69.6 Å². The van der Waals surface area contributed by atoms with Crippen molar-refractivity contribution in [3.8, 4) is 28.4 Å². The van der Waals surface area contributed by atoms with Crippen molar-refractivity contribution in [1.29, 1.82) is 0 Å². The van der Waals surface area contributed by atoms with Gasteiger partial charge in [-0.1, -0.05) is 109 Å². The van der Waals surface area contributed by atoms with Crippen molar-refractivity contribution in [1.82, 2.24) is 0 Å². The Bertz CT molecular complexity index is 1290. The number of unbranched alkanes of at least 4 members (excludes halogenated alkanes) is 11. The molecule has 3 aromatic carbocycles. The molecule has 0 fully saturated rings. The molecule has 0 aromatic heterocycles. The summed E-state index contributed by atoms with van der Waals surface area (Å²) in [6, 6.07) is 19.4. The molecule has 0 aliphatic rings. The van der Waals surface area contributed by atoms with Crippen LogP contribution >= 0.6 is 0 Å². The van der Waals surface area contributed by atoms with Gasteiger partial charge in [-0.15, -0.1) is 0 Å². The van der Waals surface area contributed by atoms with Crippen LogP contribution in [-0.4, -0.2) is 23.6 Å². The molecule has 0 unspecified atom stereocenters. The minimum atomic E-state index is -0.668. The smallest absolute Gasteiger partial charge is 0.343 e. The van der Waals surface area contributed by atoms with Gasteiger partial charge >= 0.3 is 11.7 Å². The zero-order chi connectivity index (χ0) is 32.3. The first-order chi connectivity index (χ1) is 21.9. The van der Waals surface area contributed by atoms with Gasteiger partial charge in [0.05, 0.1) is 23.2 Å². The Kier molecular flexibility index (Phi) is 16.0. The molecule has 0 radical (unpaired) electrons. The molecule has 7 nitrogen and oxygen atoms in total. The molecule has 1 atom stereocenters. The molecule has 3 rings (SSSR count). The number of nitro groups is 1. The average Bonchev–Trinajstić information content (AvgIpc) is 3.04. The minimum Gasteiger partial charge on any atom is -0.494 e. The molecule has 0 spiro atoms. The predicted molar refractivity (Wildman–Crippen MR) is 182 cm³/mol. The van der Waals surface area contributed by atoms with E-state index in [1.54, 1.807) is 12.1 Å². The lowest BCUT2D eigenvalue weighted by molar-refractivity contribution is -0.386. The normalized spacial score (nSPS) is 11.6. The predicted octanol–water partition coefficient (Wildman–Crippen LogP) is 11.1. The van der Waals surface area contributed by atoms with Gasteiger partial charge in [0.2, 0.25) is 0 Å². The second kappa shape index (κ2) is 20.2. The van der Waals surface area contributed by atoms with E-state index >= 15 is 0 Å². The van der Waals surface area contributed by atoms with Gasteiger partial charge < -0.3 is 14.2 Å². The number of hydrogen-bond acceptors (Lipinski definition) is 6. The van der Waals surface area contributed by atoms with E-state index in [4.69, 9.17) is 14.2 Å². The molecule has 3 aromatic rings. The zero-order valence-electron chi connectivity index (χ0n) is 27.4. The van der Waals surface area contributed by atoms with Crippen LogP contribution in [0.3, 0.4) is 0 Å². The van der Waals surface area contributed by atoms with E-state index in [0.29, 0.717) is 5.75 Å². The van der Waals surface area contributed by atoms with Crippen LogP contribution in [0.2, 0.25) is 0 Å². The monoisotopic (exact) mass is 617 g/mol. The molecule has 0 amide bonds. The number of nitro benzene ring substituents is 1. The van der Waals surface area contributed by atoms with Crippen LogP contribution in [-0.2, 0) is 0 Å². The van der Waals surface area contributed by atoms with Gasteiger partial charge in [-0.3, -0.25) is 10.1 Å². The quantitative estimate of drug-likeness (QED) is 0.0366. The van der Waals surface area contributed by atoms with Gasteiger partial charge in [-0.05, 0) is 73.7 Å². The topological polar surface area (TPSA) is 87.9 Å². The van der Waals surface area contributed by atoms with E-state index in [2.05, 4.69) is 13.8 Å². The van der Waals surface area contributed by atoms with Crippen LogP contribution in [0, 0.1) is 10.1 Å². The molecular formula is C38H51NO6. The highest BCUT2D eigenvalue weighted by atomic mass is 16.6. The third-order valence-corrected chi connectivity index (χ3v) is 7.95. The number of carbonyl (C=O) groups is 1. The number of hydrogen-bond donors (Lipinski definition) is 0. The number of esters is 1. The Balaban J connectivity index is 1.46. The first-order valence-electron chi connectivity index (χ1n) is 16.9. The second-order valence-corrected chi connectivity index (χ2v) is 11.8. The van der Waals surface area contributed by atoms with Gasteiger partial charge in [0, 0.05) is 6.07 Å². The number of nitrogens with zero attached hydrogens (tertiary/aromatic N) is 1. The first-order valence-corrected chi connectivity index (χ1v) is 16.9. The third kappa shape index (κ3) is 12.9. The zero-order valence-corrected chi connectivity index (χ0v) is 27.4. The molecule has 45 heavy (non-hydrogen) atoms. The van der Waals surface area contributed by atoms with Crippen molar-refractivity contribution in [3.05, 3.63) is 82.4 Å². The third-order valence-electron chi connectivity index (χ3n) is 7.95. The van der Waals surface area contributed by atoms with E-state index in [0.717, 1.165) is 62.0 Å². The molecule has 7 heteroatoms. The van der Waals surface area contributed by atoms with E-state index in [1.807, 2.05) is 43.3 Å². The molecule has 0 bridgehead atoms. The Morgan fingerprint density at radius 2 is 1.24 bits per heavy atom. The number of rotatable bonds is 22. The average molecular weight is 618 g/mol. The summed E-state index contributed by atoms with van der Waals surface area (Å²) in [5.41, 5.74) is 1.84. The highest BCUT2D eigenvalue weighted by Crippen LogP contribution is 2.31. The largest absolute Gasteiger partial charge is 0.494 e. The van der Waals surface area contributed by atoms with Crippen LogP contribution in [0.4, 0.5) is 5.69 Å². The lowest BCUT2D eigenvalue weighted by Crippen LogP contribution is -2.14. The molecule has 244 valence electrons. The van der Waals surface area contributed by atoms with Gasteiger partial charge in [0.1, 0.15) is 11.5 Å². The Hall–Kier alpha value is -3.87. The summed E-state index contributed by atoms with van der Waals surface area (Å²) in [4.78, 5) is 24.0. The molecule has 0 N–H and O–H groups in total.